The Bertz CT molecular complexity index is 477. The number of Topliss-reactive ketones (excluding diaryl/α,β-unsaturated/α-hetero) is 2. The van der Waals surface area contributed by atoms with Crippen LogP contribution in [-0.4, -0.2) is 18.7 Å². The van der Waals surface area contributed by atoms with E-state index in [9.17, 15) is 9.59 Å². The molecular formula is C15H18O3. The van der Waals surface area contributed by atoms with Crippen molar-refractivity contribution in [1.82, 2.24) is 0 Å². The number of aryl methyl sites for hydroxylation is 1. The predicted octanol–water partition coefficient (Wildman–Crippen LogP) is 2.95. The summed E-state index contributed by atoms with van der Waals surface area (Å²) in [5.41, 5.74) is 1.57. The lowest BCUT2D eigenvalue weighted by Crippen LogP contribution is -2.27. The summed E-state index contributed by atoms with van der Waals surface area (Å²) in [6, 6.07) is 5.47. The largest absolute Gasteiger partial charge is 0.496 e. The van der Waals surface area contributed by atoms with Gasteiger partial charge in [-0.15, -0.1) is 0 Å². The molecule has 0 radical (unpaired) electrons. The maximum absolute atomic E-state index is 12.4. The van der Waals surface area contributed by atoms with Crippen LogP contribution in [0.25, 0.3) is 0 Å². The molecule has 0 amide bonds. The second-order valence-corrected chi connectivity index (χ2v) is 4.83. The Hall–Kier alpha value is -1.64. The molecule has 0 aromatic heterocycles. The van der Waals surface area contributed by atoms with Gasteiger partial charge in [-0.25, -0.2) is 0 Å². The van der Waals surface area contributed by atoms with Crippen LogP contribution in [0.4, 0.5) is 0 Å². The molecule has 0 saturated heterocycles. The summed E-state index contributed by atoms with van der Waals surface area (Å²) in [4.78, 5) is 24.2. The highest BCUT2D eigenvalue weighted by Crippen LogP contribution is 2.28. The minimum absolute atomic E-state index is 0.0777. The SMILES string of the molecule is COc1cc(C)ccc1C(=O)C1CCCCC1=O. The fourth-order valence-electron chi connectivity index (χ4n) is 2.45. The number of hydrogen-bond acceptors (Lipinski definition) is 3. The Morgan fingerprint density at radius 2 is 2.11 bits per heavy atom. The Labute approximate surface area is 107 Å². The van der Waals surface area contributed by atoms with E-state index in [4.69, 9.17) is 4.74 Å². The molecule has 3 heteroatoms. The summed E-state index contributed by atoms with van der Waals surface area (Å²) in [5.74, 6) is 0.0964. The van der Waals surface area contributed by atoms with Gasteiger partial charge >= 0.3 is 0 Å². The second-order valence-electron chi connectivity index (χ2n) is 4.83. The first kappa shape index (κ1) is 12.8. The molecule has 1 atom stereocenters. The van der Waals surface area contributed by atoms with E-state index in [1.165, 1.54) is 0 Å². The highest BCUT2D eigenvalue weighted by atomic mass is 16.5. The van der Waals surface area contributed by atoms with Gasteiger partial charge in [0.2, 0.25) is 0 Å². The minimum atomic E-state index is -0.463. The van der Waals surface area contributed by atoms with Crippen LogP contribution < -0.4 is 4.74 Å². The number of ketones is 2. The van der Waals surface area contributed by atoms with Gasteiger partial charge in [-0.3, -0.25) is 9.59 Å². The highest BCUT2D eigenvalue weighted by Gasteiger charge is 2.30. The summed E-state index contributed by atoms with van der Waals surface area (Å²) in [5, 5.41) is 0. The lowest BCUT2D eigenvalue weighted by molar-refractivity contribution is -0.122. The van der Waals surface area contributed by atoms with Gasteiger partial charge in [0.15, 0.2) is 5.78 Å². The molecule has 0 aliphatic heterocycles. The molecule has 96 valence electrons. The Balaban J connectivity index is 2.30. The zero-order valence-corrected chi connectivity index (χ0v) is 10.9. The standard InChI is InChI=1S/C15H18O3/c1-10-7-8-12(14(9-10)18-2)15(17)11-5-3-4-6-13(11)16/h7-9,11H,3-6H2,1-2H3. The molecular weight excluding hydrogens is 228 g/mol. The van der Waals surface area contributed by atoms with E-state index in [0.29, 0.717) is 24.2 Å². The van der Waals surface area contributed by atoms with E-state index in [2.05, 4.69) is 0 Å². The zero-order valence-electron chi connectivity index (χ0n) is 10.9. The maximum atomic E-state index is 12.4. The second kappa shape index (κ2) is 5.34. The van der Waals surface area contributed by atoms with Gasteiger partial charge in [0, 0.05) is 6.42 Å². The number of carbonyl (C=O) groups excluding carboxylic acids is 2. The van der Waals surface area contributed by atoms with E-state index < -0.39 is 5.92 Å². The molecule has 1 aromatic carbocycles. The van der Waals surface area contributed by atoms with Crippen LogP contribution >= 0.6 is 0 Å². The van der Waals surface area contributed by atoms with Crippen LogP contribution in [0.5, 0.6) is 5.75 Å². The number of ether oxygens (including phenoxy) is 1. The van der Waals surface area contributed by atoms with Crippen molar-refractivity contribution >= 4 is 11.6 Å². The highest BCUT2D eigenvalue weighted by molar-refractivity contribution is 6.12. The van der Waals surface area contributed by atoms with E-state index in [1.54, 1.807) is 13.2 Å². The normalized spacial score (nSPS) is 19.7. The van der Waals surface area contributed by atoms with E-state index in [1.807, 2.05) is 19.1 Å². The third kappa shape index (κ3) is 2.45. The summed E-state index contributed by atoms with van der Waals surface area (Å²) in [6.07, 6.45) is 3.07. The zero-order chi connectivity index (χ0) is 13.1. The summed E-state index contributed by atoms with van der Waals surface area (Å²) < 4.78 is 5.24. The van der Waals surface area contributed by atoms with E-state index >= 15 is 0 Å². The van der Waals surface area contributed by atoms with Gasteiger partial charge < -0.3 is 4.74 Å². The molecule has 2 rings (SSSR count). The summed E-state index contributed by atoms with van der Waals surface area (Å²) in [6.45, 7) is 1.95. The number of hydrogen-bond donors (Lipinski definition) is 0. The number of rotatable bonds is 3. The molecule has 0 heterocycles. The molecule has 1 saturated carbocycles. The molecule has 3 nitrogen and oxygen atoms in total. The van der Waals surface area contributed by atoms with Gasteiger partial charge in [-0.05, 0) is 37.5 Å². The van der Waals surface area contributed by atoms with Crippen LogP contribution in [0.15, 0.2) is 18.2 Å². The molecule has 0 N–H and O–H groups in total. The first-order valence-corrected chi connectivity index (χ1v) is 6.35. The number of methoxy groups -OCH3 is 1. The topological polar surface area (TPSA) is 43.4 Å². The Morgan fingerprint density at radius 1 is 1.33 bits per heavy atom. The molecule has 18 heavy (non-hydrogen) atoms. The van der Waals surface area contributed by atoms with Crippen LogP contribution in [0.3, 0.4) is 0 Å². The van der Waals surface area contributed by atoms with E-state index in [0.717, 1.165) is 18.4 Å². The Morgan fingerprint density at radius 3 is 2.78 bits per heavy atom. The van der Waals surface area contributed by atoms with Crippen molar-refractivity contribution in [3.63, 3.8) is 0 Å². The third-order valence-electron chi connectivity index (χ3n) is 3.49. The van der Waals surface area contributed by atoms with Crippen LogP contribution in [0.2, 0.25) is 0 Å². The number of benzene rings is 1. The molecule has 1 unspecified atom stereocenters. The first-order chi connectivity index (χ1) is 8.63. The quantitative estimate of drug-likeness (QED) is 0.608. The van der Waals surface area contributed by atoms with Gasteiger partial charge in [-0.2, -0.15) is 0 Å². The lowest BCUT2D eigenvalue weighted by Gasteiger charge is -2.20. The molecule has 0 bridgehead atoms. The molecule has 0 spiro atoms. The van der Waals surface area contributed by atoms with Gasteiger partial charge in [0.05, 0.1) is 18.6 Å². The van der Waals surface area contributed by atoms with Gasteiger partial charge in [0.25, 0.3) is 0 Å². The monoisotopic (exact) mass is 246 g/mol. The van der Waals surface area contributed by atoms with Gasteiger partial charge in [-0.1, -0.05) is 12.5 Å². The van der Waals surface area contributed by atoms with Crippen molar-refractivity contribution in [2.45, 2.75) is 32.6 Å². The number of carbonyl (C=O) groups is 2. The fourth-order valence-corrected chi connectivity index (χ4v) is 2.45. The summed E-state index contributed by atoms with van der Waals surface area (Å²) in [7, 11) is 1.55. The average Bonchev–Trinajstić information content (AvgIpc) is 2.38. The molecule has 1 aliphatic carbocycles. The van der Waals surface area contributed by atoms with Crippen molar-refractivity contribution < 1.29 is 14.3 Å². The van der Waals surface area contributed by atoms with Crippen molar-refractivity contribution in [1.29, 1.82) is 0 Å². The molecule has 1 aromatic rings. The fraction of sp³-hybridized carbons (Fsp3) is 0.467. The minimum Gasteiger partial charge on any atom is -0.496 e. The lowest BCUT2D eigenvalue weighted by atomic mass is 9.82. The van der Waals surface area contributed by atoms with Crippen molar-refractivity contribution in [2.75, 3.05) is 7.11 Å². The summed E-state index contributed by atoms with van der Waals surface area (Å²) >= 11 is 0. The predicted molar refractivity (Wildman–Crippen MR) is 69.0 cm³/mol. The van der Waals surface area contributed by atoms with Crippen molar-refractivity contribution in [3.8, 4) is 5.75 Å². The van der Waals surface area contributed by atoms with E-state index in [-0.39, 0.29) is 11.6 Å². The Kier molecular flexibility index (Phi) is 3.80. The van der Waals surface area contributed by atoms with Gasteiger partial charge in [0.1, 0.15) is 11.5 Å². The van der Waals surface area contributed by atoms with Crippen LogP contribution in [0, 0.1) is 12.8 Å². The van der Waals surface area contributed by atoms with Crippen molar-refractivity contribution in [2.24, 2.45) is 5.92 Å². The average molecular weight is 246 g/mol. The van der Waals surface area contributed by atoms with Crippen molar-refractivity contribution in [3.05, 3.63) is 29.3 Å². The van der Waals surface area contributed by atoms with Crippen LogP contribution in [-0.2, 0) is 4.79 Å². The molecule has 1 aliphatic rings. The smallest absolute Gasteiger partial charge is 0.177 e. The van der Waals surface area contributed by atoms with Crippen LogP contribution in [0.1, 0.15) is 41.6 Å². The third-order valence-corrected chi connectivity index (χ3v) is 3.49. The maximum Gasteiger partial charge on any atom is 0.177 e. The first-order valence-electron chi connectivity index (χ1n) is 6.35. The molecule has 1 fully saturated rings.